The molecule has 1 heterocycles. The molecular weight excluding hydrogens is 381 g/mol. The molecule has 144 valence electrons. The molecule has 0 saturated carbocycles. The van der Waals surface area contributed by atoms with Crippen LogP contribution in [0.3, 0.4) is 0 Å². The van der Waals surface area contributed by atoms with Gasteiger partial charge in [-0.15, -0.1) is 12.4 Å². The maximum absolute atomic E-state index is 6.08. The molecule has 0 saturated heterocycles. The molecule has 27 heavy (non-hydrogen) atoms. The van der Waals surface area contributed by atoms with Gasteiger partial charge in [0.25, 0.3) is 0 Å². The van der Waals surface area contributed by atoms with Crippen LogP contribution in [0.5, 0.6) is 5.75 Å². The zero-order valence-electron chi connectivity index (χ0n) is 15.8. The fraction of sp³-hybridized carbons (Fsp3) is 0.286. The molecule has 0 fully saturated rings. The van der Waals surface area contributed by atoms with Crippen molar-refractivity contribution in [3.8, 4) is 5.75 Å². The highest BCUT2D eigenvalue weighted by Gasteiger charge is 2.10. The first-order chi connectivity index (χ1) is 12.6. The summed E-state index contributed by atoms with van der Waals surface area (Å²) in [6.45, 7) is 7.22. The van der Waals surface area contributed by atoms with Crippen molar-refractivity contribution >= 4 is 46.3 Å². The van der Waals surface area contributed by atoms with Crippen LogP contribution in [0.1, 0.15) is 19.4 Å². The Bertz CT molecular complexity index is 898. The largest absolute Gasteiger partial charge is 0.496 e. The summed E-state index contributed by atoms with van der Waals surface area (Å²) in [5, 5.41) is 5.24. The molecule has 4 nitrogen and oxygen atoms in total. The van der Waals surface area contributed by atoms with Crippen molar-refractivity contribution in [1.82, 2.24) is 9.88 Å². The van der Waals surface area contributed by atoms with Gasteiger partial charge in [0, 0.05) is 40.1 Å². The number of pyridine rings is 1. The lowest BCUT2D eigenvalue weighted by molar-refractivity contribution is 0.289. The average Bonchev–Trinajstić information content (AvgIpc) is 2.66. The highest BCUT2D eigenvalue weighted by molar-refractivity contribution is 6.31. The van der Waals surface area contributed by atoms with Gasteiger partial charge in [0.1, 0.15) is 5.75 Å². The van der Waals surface area contributed by atoms with Crippen LogP contribution >= 0.6 is 24.0 Å². The van der Waals surface area contributed by atoms with Crippen molar-refractivity contribution < 1.29 is 4.74 Å². The molecule has 3 rings (SSSR count). The number of nitrogens with one attached hydrogen (secondary N) is 1. The van der Waals surface area contributed by atoms with Gasteiger partial charge in [-0.2, -0.15) is 0 Å². The van der Waals surface area contributed by atoms with Crippen LogP contribution in [0.25, 0.3) is 10.9 Å². The lowest BCUT2D eigenvalue weighted by atomic mass is 10.1. The second-order valence-electron chi connectivity index (χ2n) is 6.13. The van der Waals surface area contributed by atoms with E-state index in [9.17, 15) is 0 Å². The molecule has 6 heteroatoms. The average molecular weight is 406 g/mol. The van der Waals surface area contributed by atoms with Gasteiger partial charge in [0.05, 0.1) is 12.6 Å². The third kappa shape index (κ3) is 5.04. The van der Waals surface area contributed by atoms with E-state index >= 15 is 0 Å². The van der Waals surface area contributed by atoms with Gasteiger partial charge in [0.2, 0.25) is 0 Å². The van der Waals surface area contributed by atoms with Crippen molar-refractivity contribution in [2.24, 2.45) is 0 Å². The first kappa shape index (κ1) is 21.3. The van der Waals surface area contributed by atoms with Gasteiger partial charge >= 0.3 is 0 Å². The molecule has 0 bridgehead atoms. The minimum Gasteiger partial charge on any atom is -0.496 e. The number of aromatic nitrogens is 1. The lowest BCUT2D eigenvalue weighted by Gasteiger charge is -2.20. The number of nitrogens with zero attached hydrogens (tertiary/aromatic N) is 2. The predicted molar refractivity (Wildman–Crippen MR) is 117 cm³/mol. The van der Waals surface area contributed by atoms with Crippen LogP contribution in [0.2, 0.25) is 5.02 Å². The molecule has 1 N–H and O–H groups in total. The SMILES string of the molecule is CCN(CC)Cc1cc(Nc2ccnc3cc(Cl)ccc23)ccc1OC.Cl. The third-order valence-electron chi connectivity index (χ3n) is 4.55. The summed E-state index contributed by atoms with van der Waals surface area (Å²) in [4.78, 5) is 6.77. The molecule has 0 amide bonds. The van der Waals surface area contributed by atoms with E-state index < -0.39 is 0 Å². The Labute approximate surface area is 171 Å². The Morgan fingerprint density at radius 1 is 1.07 bits per heavy atom. The maximum Gasteiger partial charge on any atom is 0.123 e. The van der Waals surface area contributed by atoms with Crippen LogP contribution in [-0.2, 0) is 6.54 Å². The van der Waals surface area contributed by atoms with E-state index in [-0.39, 0.29) is 12.4 Å². The summed E-state index contributed by atoms with van der Waals surface area (Å²) < 4.78 is 5.54. The van der Waals surface area contributed by atoms with Crippen molar-refractivity contribution in [2.45, 2.75) is 20.4 Å². The van der Waals surface area contributed by atoms with E-state index in [0.29, 0.717) is 5.02 Å². The minimum absolute atomic E-state index is 0. The van der Waals surface area contributed by atoms with Crippen molar-refractivity contribution in [3.05, 3.63) is 59.2 Å². The van der Waals surface area contributed by atoms with E-state index in [1.54, 1.807) is 13.3 Å². The van der Waals surface area contributed by atoms with Gasteiger partial charge in [-0.3, -0.25) is 9.88 Å². The van der Waals surface area contributed by atoms with E-state index in [0.717, 1.165) is 47.7 Å². The van der Waals surface area contributed by atoms with Crippen LogP contribution in [0.4, 0.5) is 11.4 Å². The molecule has 1 aromatic heterocycles. The first-order valence-corrected chi connectivity index (χ1v) is 9.23. The predicted octanol–water partition coefficient (Wildman–Crippen LogP) is 5.90. The summed E-state index contributed by atoms with van der Waals surface area (Å²) in [5.74, 6) is 0.911. The number of halogens is 2. The molecule has 0 spiro atoms. The number of methoxy groups -OCH3 is 1. The Kier molecular flexibility index (Phi) is 7.72. The smallest absolute Gasteiger partial charge is 0.123 e. The van der Waals surface area contributed by atoms with E-state index in [4.69, 9.17) is 16.3 Å². The minimum atomic E-state index is 0. The van der Waals surface area contributed by atoms with Crippen molar-refractivity contribution in [3.63, 3.8) is 0 Å². The number of hydrogen-bond acceptors (Lipinski definition) is 4. The molecule has 0 aliphatic carbocycles. The zero-order valence-corrected chi connectivity index (χ0v) is 17.4. The number of rotatable bonds is 7. The summed E-state index contributed by atoms with van der Waals surface area (Å²) in [6, 6.07) is 13.9. The summed E-state index contributed by atoms with van der Waals surface area (Å²) in [5.41, 5.74) is 4.07. The maximum atomic E-state index is 6.08. The van der Waals surface area contributed by atoms with Gasteiger partial charge in [-0.1, -0.05) is 25.4 Å². The zero-order chi connectivity index (χ0) is 18.5. The Morgan fingerprint density at radius 3 is 2.56 bits per heavy atom. The number of ether oxygens (including phenoxy) is 1. The van der Waals surface area contributed by atoms with Crippen molar-refractivity contribution in [1.29, 1.82) is 0 Å². The second kappa shape index (κ2) is 9.79. The molecular formula is C21H25Cl2N3O. The summed E-state index contributed by atoms with van der Waals surface area (Å²) in [6.07, 6.45) is 1.79. The van der Waals surface area contributed by atoms with E-state index in [1.165, 1.54) is 5.56 Å². The summed E-state index contributed by atoms with van der Waals surface area (Å²) >= 11 is 6.08. The van der Waals surface area contributed by atoms with Gasteiger partial charge in [-0.05, 0) is 55.6 Å². The number of fused-ring (bicyclic) bond motifs is 1. The second-order valence-corrected chi connectivity index (χ2v) is 6.57. The highest BCUT2D eigenvalue weighted by Crippen LogP contribution is 2.30. The number of hydrogen-bond donors (Lipinski definition) is 1. The quantitative estimate of drug-likeness (QED) is 0.530. The first-order valence-electron chi connectivity index (χ1n) is 8.85. The molecule has 0 unspecified atom stereocenters. The number of anilines is 2. The lowest BCUT2D eigenvalue weighted by Crippen LogP contribution is -2.22. The fourth-order valence-electron chi connectivity index (χ4n) is 3.05. The topological polar surface area (TPSA) is 37.4 Å². The Hall–Kier alpha value is -2.01. The molecule has 3 aromatic rings. The summed E-state index contributed by atoms with van der Waals surface area (Å²) in [7, 11) is 1.72. The fourth-order valence-corrected chi connectivity index (χ4v) is 3.22. The Morgan fingerprint density at radius 2 is 1.85 bits per heavy atom. The monoisotopic (exact) mass is 405 g/mol. The number of benzene rings is 2. The van der Waals surface area contributed by atoms with Gasteiger partial charge in [-0.25, -0.2) is 0 Å². The highest BCUT2D eigenvalue weighted by atomic mass is 35.5. The van der Waals surface area contributed by atoms with Crippen LogP contribution in [-0.4, -0.2) is 30.1 Å². The van der Waals surface area contributed by atoms with E-state index in [1.807, 2.05) is 36.4 Å². The van der Waals surface area contributed by atoms with Gasteiger partial charge < -0.3 is 10.1 Å². The van der Waals surface area contributed by atoms with Crippen LogP contribution in [0.15, 0.2) is 48.7 Å². The van der Waals surface area contributed by atoms with Crippen molar-refractivity contribution in [2.75, 3.05) is 25.5 Å². The van der Waals surface area contributed by atoms with E-state index in [2.05, 4.69) is 35.1 Å². The third-order valence-corrected chi connectivity index (χ3v) is 4.79. The van der Waals surface area contributed by atoms with Crippen LogP contribution in [0, 0.1) is 0 Å². The molecule has 0 atom stereocenters. The molecule has 0 aliphatic heterocycles. The van der Waals surface area contributed by atoms with Crippen LogP contribution < -0.4 is 10.1 Å². The molecule has 0 radical (unpaired) electrons. The molecule has 2 aromatic carbocycles. The van der Waals surface area contributed by atoms with Gasteiger partial charge in [0.15, 0.2) is 0 Å². The normalized spacial score (nSPS) is 10.7. The Balaban J connectivity index is 0.00000261. The standard InChI is InChI=1S/C21H24ClN3O.ClH/c1-4-25(5-2)14-15-12-17(7-9-21(15)26-3)24-19-10-11-23-20-13-16(22)6-8-18(19)20;/h6-13H,4-5,14H2,1-3H3,(H,23,24);1H. The molecule has 0 aliphatic rings.